The van der Waals surface area contributed by atoms with E-state index in [0.29, 0.717) is 0 Å². The number of anilines is 2. The lowest BCUT2D eigenvalue weighted by molar-refractivity contribution is -0.117. The van der Waals surface area contributed by atoms with Gasteiger partial charge in [-0.2, -0.15) is 0 Å². The highest BCUT2D eigenvalue weighted by Gasteiger charge is 2.29. The molecule has 1 aromatic heterocycles. The first-order valence-electron chi connectivity index (χ1n) is 6.58. The molecule has 98 valence electrons. The van der Waals surface area contributed by atoms with E-state index in [-0.39, 0.29) is 11.8 Å². The van der Waals surface area contributed by atoms with Crippen molar-refractivity contribution in [1.82, 2.24) is 4.98 Å². The Balaban J connectivity index is 1.54. The molecule has 4 heteroatoms. The molecule has 2 aromatic rings. The van der Waals surface area contributed by atoms with Crippen LogP contribution in [0.15, 0.2) is 42.6 Å². The van der Waals surface area contributed by atoms with E-state index < -0.39 is 0 Å². The predicted molar refractivity (Wildman–Crippen MR) is 75.9 cm³/mol. The molecule has 0 aliphatic heterocycles. The number of hydrogen-bond donors (Lipinski definition) is 3. The van der Waals surface area contributed by atoms with Crippen LogP contribution in [0.25, 0.3) is 0 Å². The summed E-state index contributed by atoms with van der Waals surface area (Å²) in [6.07, 6.45) is 3.97. The number of rotatable bonds is 5. The van der Waals surface area contributed by atoms with Gasteiger partial charge in [-0.3, -0.25) is 4.79 Å². The van der Waals surface area contributed by atoms with E-state index in [1.807, 2.05) is 42.6 Å². The standard InChI is InChI=1S/C15H17N3O/c19-15(11-3-4-11)18-13-7-5-12(6-8-13)17-10-14-2-1-9-16-14/h1-2,5-9,11,16-17H,3-4,10H2,(H,18,19). The van der Waals surface area contributed by atoms with Gasteiger partial charge in [-0.15, -0.1) is 0 Å². The van der Waals surface area contributed by atoms with E-state index >= 15 is 0 Å². The van der Waals surface area contributed by atoms with Crippen molar-refractivity contribution in [3.63, 3.8) is 0 Å². The molecule has 1 amide bonds. The van der Waals surface area contributed by atoms with Crippen LogP contribution in [0.3, 0.4) is 0 Å². The van der Waals surface area contributed by atoms with Gasteiger partial charge in [-0.1, -0.05) is 0 Å². The summed E-state index contributed by atoms with van der Waals surface area (Å²) in [6.45, 7) is 0.765. The number of H-pyrrole nitrogens is 1. The van der Waals surface area contributed by atoms with Crippen molar-refractivity contribution in [3.8, 4) is 0 Å². The van der Waals surface area contributed by atoms with Gasteiger partial charge in [-0.25, -0.2) is 0 Å². The highest BCUT2D eigenvalue weighted by molar-refractivity contribution is 5.94. The summed E-state index contributed by atoms with van der Waals surface area (Å²) < 4.78 is 0. The first-order valence-corrected chi connectivity index (χ1v) is 6.58. The molecule has 1 aliphatic carbocycles. The fraction of sp³-hybridized carbons (Fsp3) is 0.267. The zero-order valence-electron chi connectivity index (χ0n) is 10.6. The van der Waals surface area contributed by atoms with Gasteiger partial charge in [0.2, 0.25) is 5.91 Å². The molecule has 0 atom stereocenters. The molecule has 3 N–H and O–H groups in total. The van der Waals surface area contributed by atoms with Crippen molar-refractivity contribution in [3.05, 3.63) is 48.3 Å². The first-order chi connectivity index (χ1) is 9.31. The van der Waals surface area contributed by atoms with Crippen LogP contribution in [0, 0.1) is 5.92 Å². The number of carbonyl (C=O) groups excluding carboxylic acids is 1. The Morgan fingerprint density at radius 2 is 1.89 bits per heavy atom. The van der Waals surface area contributed by atoms with Crippen molar-refractivity contribution < 1.29 is 4.79 Å². The Morgan fingerprint density at radius 1 is 1.16 bits per heavy atom. The normalized spacial score (nSPS) is 14.1. The average molecular weight is 255 g/mol. The SMILES string of the molecule is O=C(Nc1ccc(NCc2ccc[nH]2)cc1)C1CC1. The number of aromatic amines is 1. The molecule has 0 bridgehead atoms. The maximum absolute atomic E-state index is 11.6. The summed E-state index contributed by atoms with van der Waals surface area (Å²) in [5.41, 5.74) is 3.05. The molecule has 0 radical (unpaired) electrons. The summed E-state index contributed by atoms with van der Waals surface area (Å²) in [7, 11) is 0. The number of carbonyl (C=O) groups is 1. The van der Waals surface area contributed by atoms with E-state index in [9.17, 15) is 4.79 Å². The number of nitrogens with one attached hydrogen (secondary N) is 3. The van der Waals surface area contributed by atoms with Crippen molar-refractivity contribution in [1.29, 1.82) is 0 Å². The maximum Gasteiger partial charge on any atom is 0.227 e. The Kier molecular flexibility index (Phi) is 3.23. The molecule has 1 saturated carbocycles. The van der Waals surface area contributed by atoms with E-state index in [2.05, 4.69) is 15.6 Å². The minimum Gasteiger partial charge on any atom is -0.379 e. The second-order valence-electron chi connectivity index (χ2n) is 4.89. The van der Waals surface area contributed by atoms with Crippen molar-refractivity contribution in [2.45, 2.75) is 19.4 Å². The van der Waals surface area contributed by atoms with E-state index in [1.54, 1.807) is 0 Å². The summed E-state index contributed by atoms with van der Waals surface area (Å²) in [5.74, 6) is 0.387. The minimum absolute atomic E-state index is 0.145. The fourth-order valence-electron chi connectivity index (χ4n) is 1.94. The Morgan fingerprint density at radius 3 is 2.53 bits per heavy atom. The van der Waals surface area contributed by atoms with Gasteiger partial charge in [0.1, 0.15) is 0 Å². The lowest BCUT2D eigenvalue weighted by Crippen LogP contribution is -2.13. The molecule has 0 unspecified atom stereocenters. The van der Waals surface area contributed by atoms with Crippen LogP contribution in [-0.4, -0.2) is 10.9 Å². The molecule has 4 nitrogen and oxygen atoms in total. The summed E-state index contributed by atoms with van der Waals surface area (Å²) in [5, 5.41) is 6.25. The third kappa shape index (κ3) is 3.16. The highest BCUT2D eigenvalue weighted by atomic mass is 16.2. The summed E-state index contributed by atoms with van der Waals surface area (Å²) in [6, 6.07) is 11.8. The molecule has 19 heavy (non-hydrogen) atoms. The third-order valence-electron chi connectivity index (χ3n) is 3.25. The van der Waals surface area contributed by atoms with Gasteiger partial charge < -0.3 is 15.6 Å². The van der Waals surface area contributed by atoms with Gasteiger partial charge in [0, 0.05) is 29.2 Å². The quantitative estimate of drug-likeness (QED) is 0.769. The lowest BCUT2D eigenvalue weighted by atomic mass is 10.2. The second kappa shape index (κ2) is 5.18. The molecular formula is C15H17N3O. The van der Waals surface area contributed by atoms with Crippen molar-refractivity contribution in [2.24, 2.45) is 5.92 Å². The molecule has 0 saturated heterocycles. The van der Waals surface area contributed by atoms with Crippen molar-refractivity contribution in [2.75, 3.05) is 10.6 Å². The van der Waals surface area contributed by atoms with Crippen LogP contribution in [0.4, 0.5) is 11.4 Å². The maximum atomic E-state index is 11.6. The van der Waals surface area contributed by atoms with Crippen molar-refractivity contribution >= 4 is 17.3 Å². The van der Waals surface area contributed by atoms with Gasteiger partial charge in [0.15, 0.2) is 0 Å². The van der Waals surface area contributed by atoms with Gasteiger partial charge in [0.05, 0.1) is 6.54 Å². The molecule has 0 spiro atoms. The molecular weight excluding hydrogens is 238 g/mol. The summed E-state index contributed by atoms with van der Waals surface area (Å²) in [4.78, 5) is 14.8. The predicted octanol–water partition coefficient (Wildman–Crippen LogP) is 2.98. The number of benzene rings is 1. The number of hydrogen-bond acceptors (Lipinski definition) is 2. The van der Waals surface area contributed by atoms with Crippen LogP contribution in [0.5, 0.6) is 0 Å². The number of amides is 1. The monoisotopic (exact) mass is 255 g/mol. The van der Waals surface area contributed by atoms with Crippen LogP contribution in [0.1, 0.15) is 18.5 Å². The zero-order valence-corrected chi connectivity index (χ0v) is 10.6. The summed E-state index contributed by atoms with van der Waals surface area (Å²) >= 11 is 0. The number of aromatic nitrogens is 1. The average Bonchev–Trinajstić information content (AvgIpc) is 3.16. The second-order valence-corrected chi connectivity index (χ2v) is 4.89. The van der Waals surface area contributed by atoms with Crippen LogP contribution in [0.2, 0.25) is 0 Å². The van der Waals surface area contributed by atoms with E-state index in [0.717, 1.165) is 36.5 Å². The Hall–Kier alpha value is -2.23. The Labute approximate surface area is 112 Å². The molecule has 1 fully saturated rings. The smallest absolute Gasteiger partial charge is 0.227 e. The molecule has 1 aliphatic rings. The minimum atomic E-state index is 0.145. The first kappa shape index (κ1) is 11.8. The van der Waals surface area contributed by atoms with Crippen LogP contribution < -0.4 is 10.6 Å². The fourth-order valence-corrected chi connectivity index (χ4v) is 1.94. The van der Waals surface area contributed by atoms with Gasteiger partial charge in [0.25, 0.3) is 0 Å². The van der Waals surface area contributed by atoms with Gasteiger partial charge >= 0.3 is 0 Å². The Bertz CT molecular complexity index is 541. The highest BCUT2D eigenvalue weighted by Crippen LogP contribution is 2.30. The third-order valence-corrected chi connectivity index (χ3v) is 3.25. The molecule has 1 aromatic carbocycles. The van der Waals surface area contributed by atoms with E-state index in [1.165, 1.54) is 0 Å². The van der Waals surface area contributed by atoms with E-state index in [4.69, 9.17) is 0 Å². The lowest BCUT2D eigenvalue weighted by Gasteiger charge is -2.07. The van der Waals surface area contributed by atoms with Crippen LogP contribution in [-0.2, 0) is 11.3 Å². The topological polar surface area (TPSA) is 56.9 Å². The molecule has 1 heterocycles. The van der Waals surface area contributed by atoms with Gasteiger partial charge in [-0.05, 0) is 49.2 Å². The van der Waals surface area contributed by atoms with Crippen LogP contribution >= 0.6 is 0 Å². The molecule has 3 rings (SSSR count). The zero-order chi connectivity index (χ0) is 13.1. The largest absolute Gasteiger partial charge is 0.379 e.